The second-order valence-electron chi connectivity index (χ2n) is 5.62. The molecule has 4 rings (SSSR count). The van der Waals surface area contributed by atoms with Gasteiger partial charge in [-0.3, -0.25) is 4.68 Å². The van der Waals surface area contributed by atoms with Crippen molar-refractivity contribution in [3.8, 4) is 0 Å². The van der Waals surface area contributed by atoms with Gasteiger partial charge in [0.1, 0.15) is 0 Å². The van der Waals surface area contributed by atoms with Crippen LogP contribution < -0.4 is 0 Å². The second kappa shape index (κ2) is 4.94. The lowest BCUT2D eigenvalue weighted by molar-refractivity contribution is -0.129. The molecule has 0 bridgehead atoms. The number of esters is 1. The number of aromatic nitrogens is 2. The molecule has 0 spiro atoms. The van der Waals surface area contributed by atoms with Gasteiger partial charge in [0.15, 0.2) is 5.70 Å². The van der Waals surface area contributed by atoms with Crippen molar-refractivity contribution < 1.29 is 9.53 Å². The van der Waals surface area contributed by atoms with Crippen LogP contribution in [0.3, 0.4) is 0 Å². The fourth-order valence-corrected chi connectivity index (χ4v) is 2.91. The van der Waals surface area contributed by atoms with Gasteiger partial charge in [-0.15, -0.1) is 0 Å². The van der Waals surface area contributed by atoms with Crippen LogP contribution in [-0.2, 0) is 29.4 Å². The summed E-state index contributed by atoms with van der Waals surface area (Å²) in [5, 5.41) is 4.07. The van der Waals surface area contributed by atoms with Crippen molar-refractivity contribution >= 4 is 17.9 Å². The lowest BCUT2D eigenvalue weighted by Gasteiger charge is -2.03. The van der Waals surface area contributed by atoms with Gasteiger partial charge in [0, 0.05) is 24.4 Å². The molecule has 0 saturated heterocycles. The summed E-state index contributed by atoms with van der Waals surface area (Å²) in [6.07, 6.45) is 8.61. The van der Waals surface area contributed by atoms with E-state index in [1.54, 1.807) is 17.0 Å². The third-order valence-corrected chi connectivity index (χ3v) is 3.99. The number of hydrogen-bond donors (Lipinski definition) is 0. The fraction of sp³-hybridized carbons (Fsp3) is 0.235. The van der Waals surface area contributed by atoms with E-state index in [-0.39, 0.29) is 0 Å². The van der Waals surface area contributed by atoms with E-state index >= 15 is 0 Å². The summed E-state index contributed by atoms with van der Waals surface area (Å²) in [5.41, 5.74) is 4.72. The monoisotopic (exact) mass is 293 g/mol. The Bertz CT molecular complexity index is 830. The highest BCUT2D eigenvalue weighted by atomic mass is 16.6. The number of carbonyl (C=O) groups is 1. The Kier molecular flexibility index (Phi) is 2.92. The Labute approximate surface area is 127 Å². The first-order valence-electron chi connectivity index (χ1n) is 7.32. The quantitative estimate of drug-likeness (QED) is 0.630. The number of rotatable bonds is 2. The summed E-state index contributed by atoms with van der Waals surface area (Å²) in [7, 11) is 1.83. The molecule has 5 nitrogen and oxygen atoms in total. The van der Waals surface area contributed by atoms with Gasteiger partial charge < -0.3 is 4.74 Å². The maximum absolute atomic E-state index is 12.0. The van der Waals surface area contributed by atoms with Crippen molar-refractivity contribution in [2.45, 2.75) is 19.3 Å². The zero-order chi connectivity index (χ0) is 15.1. The Morgan fingerprint density at radius 2 is 2.14 bits per heavy atom. The zero-order valence-electron chi connectivity index (χ0n) is 12.2. The third kappa shape index (κ3) is 2.24. The molecule has 0 atom stereocenters. The highest BCUT2D eigenvalue weighted by molar-refractivity contribution is 6.12. The predicted molar refractivity (Wildman–Crippen MR) is 82.3 cm³/mol. The number of cyclic esters (lactones) is 1. The van der Waals surface area contributed by atoms with Gasteiger partial charge in [0.25, 0.3) is 0 Å². The minimum Gasteiger partial charge on any atom is -0.402 e. The molecule has 0 unspecified atom stereocenters. The number of ether oxygens (including phenoxy) is 1. The molecule has 110 valence electrons. The molecule has 2 aliphatic rings. The van der Waals surface area contributed by atoms with Gasteiger partial charge in [0.05, 0.1) is 6.20 Å². The molecule has 1 aliphatic heterocycles. The SMILES string of the molecule is Cn1cc(/C=C2\N=C(c3ccc4c(c3)CCC4)OC2=O)cn1. The van der Waals surface area contributed by atoms with Crippen LogP contribution in [0.5, 0.6) is 0 Å². The van der Waals surface area contributed by atoms with Crippen LogP contribution in [-0.4, -0.2) is 21.6 Å². The number of aliphatic imine (C=N–C) groups is 1. The van der Waals surface area contributed by atoms with E-state index in [4.69, 9.17) is 4.74 Å². The number of benzene rings is 1. The number of carbonyl (C=O) groups excluding carboxylic acids is 1. The van der Waals surface area contributed by atoms with E-state index in [0.717, 1.165) is 24.0 Å². The fourth-order valence-electron chi connectivity index (χ4n) is 2.91. The van der Waals surface area contributed by atoms with Gasteiger partial charge in [-0.1, -0.05) is 6.07 Å². The highest BCUT2D eigenvalue weighted by Gasteiger charge is 2.25. The first-order valence-corrected chi connectivity index (χ1v) is 7.32. The van der Waals surface area contributed by atoms with Crippen molar-refractivity contribution in [2.75, 3.05) is 0 Å². The van der Waals surface area contributed by atoms with Crippen LogP contribution in [0.1, 0.15) is 28.7 Å². The van der Waals surface area contributed by atoms with Crippen LogP contribution in [0, 0.1) is 0 Å². The summed E-state index contributed by atoms with van der Waals surface area (Å²) < 4.78 is 6.99. The Morgan fingerprint density at radius 1 is 1.27 bits per heavy atom. The molecular formula is C17H15N3O2. The summed E-state index contributed by atoms with van der Waals surface area (Å²) >= 11 is 0. The summed E-state index contributed by atoms with van der Waals surface area (Å²) in [4.78, 5) is 16.3. The summed E-state index contributed by atoms with van der Waals surface area (Å²) in [6, 6.07) is 6.17. The van der Waals surface area contributed by atoms with E-state index < -0.39 is 5.97 Å². The summed E-state index contributed by atoms with van der Waals surface area (Å²) in [6.45, 7) is 0. The number of nitrogens with zero attached hydrogens (tertiary/aromatic N) is 3. The van der Waals surface area contributed by atoms with Gasteiger partial charge >= 0.3 is 5.97 Å². The number of hydrogen-bond acceptors (Lipinski definition) is 4. The van der Waals surface area contributed by atoms with Crippen molar-refractivity contribution in [2.24, 2.45) is 12.0 Å². The first-order chi connectivity index (χ1) is 10.7. The van der Waals surface area contributed by atoms with Crippen LogP contribution >= 0.6 is 0 Å². The molecule has 0 amide bonds. The van der Waals surface area contributed by atoms with Gasteiger partial charge in [-0.05, 0) is 48.6 Å². The molecule has 0 radical (unpaired) electrons. The Hall–Kier alpha value is -2.69. The highest BCUT2D eigenvalue weighted by Crippen LogP contribution is 2.25. The molecular weight excluding hydrogens is 278 g/mol. The lowest BCUT2D eigenvalue weighted by atomic mass is 10.1. The van der Waals surface area contributed by atoms with Crippen molar-refractivity contribution in [1.29, 1.82) is 0 Å². The molecule has 0 saturated carbocycles. The number of fused-ring (bicyclic) bond motifs is 1. The molecule has 2 aromatic rings. The number of aryl methyl sites for hydroxylation is 3. The molecule has 1 aromatic heterocycles. The van der Waals surface area contributed by atoms with Gasteiger partial charge in [-0.2, -0.15) is 5.10 Å². The topological polar surface area (TPSA) is 56.5 Å². The van der Waals surface area contributed by atoms with E-state index in [1.807, 2.05) is 19.3 Å². The molecule has 0 N–H and O–H groups in total. The zero-order valence-corrected chi connectivity index (χ0v) is 12.2. The third-order valence-electron chi connectivity index (χ3n) is 3.99. The molecule has 1 aliphatic carbocycles. The average Bonchev–Trinajstić information content (AvgIpc) is 3.20. The standard InChI is InChI=1S/C17H15N3O2/c1-20-10-11(9-18-20)7-15-17(21)22-16(19-15)14-6-5-12-3-2-4-13(12)8-14/h5-10H,2-4H2,1H3/b15-7-. The van der Waals surface area contributed by atoms with Gasteiger partial charge in [0.2, 0.25) is 5.90 Å². The maximum Gasteiger partial charge on any atom is 0.363 e. The Balaban J connectivity index is 1.67. The van der Waals surface area contributed by atoms with E-state index in [9.17, 15) is 4.79 Å². The molecule has 22 heavy (non-hydrogen) atoms. The van der Waals surface area contributed by atoms with E-state index in [0.29, 0.717) is 11.6 Å². The van der Waals surface area contributed by atoms with Crippen LogP contribution in [0.2, 0.25) is 0 Å². The molecule has 2 heterocycles. The molecule has 5 heteroatoms. The van der Waals surface area contributed by atoms with Crippen LogP contribution in [0.15, 0.2) is 41.3 Å². The minimum absolute atomic E-state index is 0.309. The van der Waals surface area contributed by atoms with Crippen molar-refractivity contribution in [1.82, 2.24) is 9.78 Å². The second-order valence-corrected chi connectivity index (χ2v) is 5.62. The molecule has 0 fully saturated rings. The maximum atomic E-state index is 12.0. The largest absolute Gasteiger partial charge is 0.402 e. The van der Waals surface area contributed by atoms with E-state index in [2.05, 4.69) is 22.2 Å². The van der Waals surface area contributed by atoms with Crippen LogP contribution in [0.4, 0.5) is 0 Å². The normalized spacial score (nSPS) is 18.5. The lowest BCUT2D eigenvalue weighted by Crippen LogP contribution is -2.05. The minimum atomic E-state index is -0.417. The Morgan fingerprint density at radius 3 is 2.95 bits per heavy atom. The average molecular weight is 293 g/mol. The molecule has 1 aromatic carbocycles. The van der Waals surface area contributed by atoms with Gasteiger partial charge in [-0.25, -0.2) is 9.79 Å². The smallest absolute Gasteiger partial charge is 0.363 e. The van der Waals surface area contributed by atoms with Crippen molar-refractivity contribution in [3.63, 3.8) is 0 Å². The predicted octanol–water partition coefficient (Wildman–Crippen LogP) is 2.25. The summed E-state index contributed by atoms with van der Waals surface area (Å²) in [5.74, 6) is -0.0332. The van der Waals surface area contributed by atoms with E-state index in [1.165, 1.54) is 17.5 Å². The van der Waals surface area contributed by atoms with Crippen LogP contribution in [0.25, 0.3) is 6.08 Å². The first kappa shape index (κ1) is 13.0. The van der Waals surface area contributed by atoms with Crippen molar-refractivity contribution in [3.05, 3.63) is 58.5 Å².